The summed E-state index contributed by atoms with van der Waals surface area (Å²) >= 11 is 5.68. The highest BCUT2D eigenvalue weighted by molar-refractivity contribution is 6.30. The average Bonchev–Trinajstić information content (AvgIpc) is 2.05. The van der Waals surface area contributed by atoms with Gasteiger partial charge in [0.1, 0.15) is 0 Å². The van der Waals surface area contributed by atoms with Crippen LogP contribution in [0.1, 0.15) is 17.3 Å². The van der Waals surface area contributed by atoms with E-state index in [1.165, 1.54) is 0 Å². The van der Waals surface area contributed by atoms with Gasteiger partial charge in [-0.2, -0.15) is 0 Å². The van der Waals surface area contributed by atoms with Crippen molar-refractivity contribution in [2.24, 2.45) is 0 Å². The minimum atomic E-state index is -0.333. The number of carbonyl (C=O) groups excluding carboxylic acids is 1. The Balaban J connectivity index is 0.00000144. The molecular weight excluding hydrogens is 211 g/mol. The van der Waals surface area contributed by atoms with Crippen molar-refractivity contribution < 1.29 is 9.53 Å². The summed E-state index contributed by atoms with van der Waals surface area (Å²) in [5, 5.41) is 0.542. The highest BCUT2D eigenvalue weighted by Crippen LogP contribution is 2.11. The van der Waals surface area contributed by atoms with E-state index >= 15 is 0 Å². The van der Waals surface area contributed by atoms with Crippen LogP contribution in [0, 0.1) is 0 Å². The van der Waals surface area contributed by atoms with Crippen LogP contribution in [0.4, 0.5) is 0 Å². The van der Waals surface area contributed by atoms with Gasteiger partial charge in [-0.05, 0) is 25.1 Å². The normalized spacial score (nSPS) is 8.77. The number of ether oxygens (including phenoxy) is 1. The SMILES string of the molecule is CCOC(=O)c1cccc(Cl)c1.Cl. The molecule has 0 aliphatic rings. The van der Waals surface area contributed by atoms with Gasteiger partial charge >= 0.3 is 5.97 Å². The van der Waals surface area contributed by atoms with Gasteiger partial charge in [0.15, 0.2) is 0 Å². The lowest BCUT2D eigenvalue weighted by molar-refractivity contribution is 0.0526. The first-order valence-corrected chi connectivity index (χ1v) is 4.04. The molecule has 0 atom stereocenters. The average molecular weight is 221 g/mol. The lowest BCUT2D eigenvalue weighted by Gasteiger charge is -2.00. The van der Waals surface area contributed by atoms with Gasteiger partial charge in [0.2, 0.25) is 0 Å². The predicted molar refractivity (Wildman–Crippen MR) is 54.7 cm³/mol. The van der Waals surface area contributed by atoms with E-state index < -0.39 is 0 Å². The van der Waals surface area contributed by atoms with E-state index in [1.807, 2.05) is 0 Å². The molecule has 2 nitrogen and oxygen atoms in total. The number of carbonyl (C=O) groups is 1. The Morgan fingerprint density at radius 3 is 2.77 bits per heavy atom. The summed E-state index contributed by atoms with van der Waals surface area (Å²) in [5.41, 5.74) is 0.490. The molecule has 0 heterocycles. The van der Waals surface area contributed by atoms with Crippen molar-refractivity contribution in [3.05, 3.63) is 34.9 Å². The second-order valence-corrected chi connectivity index (χ2v) is 2.67. The second kappa shape index (κ2) is 5.84. The van der Waals surface area contributed by atoms with Crippen LogP contribution in [-0.2, 0) is 4.74 Å². The zero-order valence-electron chi connectivity index (χ0n) is 7.12. The molecule has 13 heavy (non-hydrogen) atoms. The summed E-state index contributed by atoms with van der Waals surface area (Å²) in [7, 11) is 0. The molecule has 0 amide bonds. The van der Waals surface area contributed by atoms with Crippen LogP contribution >= 0.6 is 24.0 Å². The Hall–Kier alpha value is -0.730. The Morgan fingerprint density at radius 1 is 1.54 bits per heavy atom. The summed E-state index contributed by atoms with van der Waals surface area (Å²) in [6, 6.07) is 6.68. The number of hydrogen-bond acceptors (Lipinski definition) is 2. The molecule has 0 saturated carbocycles. The van der Waals surface area contributed by atoms with E-state index in [0.29, 0.717) is 17.2 Å². The van der Waals surface area contributed by atoms with Gasteiger partial charge in [-0.3, -0.25) is 0 Å². The molecule has 0 radical (unpaired) electrons. The van der Waals surface area contributed by atoms with Crippen molar-refractivity contribution in [1.82, 2.24) is 0 Å². The Kier molecular flexibility index (Phi) is 5.51. The first-order valence-electron chi connectivity index (χ1n) is 3.66. The van der Waals surface area contributed by atoms with Crippen molar-refractivity contribution in [2.45, 2.75) is 6.92 Å². The van der Waals surface area contributed by atoms with E-state index in [9.17, 15) is 4.79 Å². The Bertz CT molecular complexity index is 287. The van der Waals surface area contributed by atoms with Gasteiger partial charge in [-0.25, -0.2) is 4.79 Å². The van der Waals surface area contributed by atoms with Crippen LogP contribution in [0.5, 0.6) is 0 Å². The van der Waals surface area contributed by atoms with Crippen LogP contribution < -0.4 is 0 Å². The molecule has 72 valence electrons. The molecule has 0 bridgehead atoms. The van der Waals surface area contributed by atoms with Crippen molar-refractivity contribution in [3.63, 3.8) is 0 Å². The van der Waals surface area contributed by atoms with Crippen molar-refractivity contribution in [2.75, 3.05) is 6.61 Å². The van der Waals surface area contributed by atoms with E-state index in [2.05, 4.69) is 0 Å². The molecule has 1 rings (SSSR count). The molecule has 0 spiro atoms. The van der Waals surface area contributed by atoms with Crippen LogP contribution in [0.15, 0.2) is 24.3 Å². The van der Waals surface area contributed by atoms with Gasteiger partial charge in [0.25, 0.3) is 0 Å². The molecule has 1 aromatic rings. The molecule has 0 aromatic heterocycles. The molecule has 0 saturated heterocycles. The summed E-state index contributed by atoms with van der Waals surface area (Å²) < 4.78 is 4.79. The maximum Gasteiger partial charge on any atom is 0.338 e. The minimum absolute atomic E-state index is 0. The van der Waals surface area contributed by atoms with E-state index in [1.54, 1.807) is 31.2 Å². The standard InChI is InChI=1S/C9H9ClO2.ClH/c1-2-12-9(11)7-4-3-5-8(10)6-7;/h3-6H,2H2,1H3;1H. The molecule has 0 N–H and O–H groups in total. The third-order valence-electron chi connectivity index (χ3n) is 1.34. The zero-order chi connectivity index (χ0) is 8.97. The number of rotatable bonds is 2. The monoisotopic (exact) mass is 220 g/mol. The summed E-state index contributed by atoms with van der Waals surface area (Å²) in [6.07, 6.45) is 0. The van der Waals surface area contributed by atoms with Gasteiger partial charge in [0, 0.05) is 5.02 Å². The smallest absolute Gasteiger partial charge is 0.338 e. The molecular formula is C9H10Cl2O2. The topological polar surface area (TPSA) is 26.3 Å². The Labute approximate surface area is 88.3 Å². The van der Waals surface area contributed by atoms with Gasteiger partial charge in [-0.1, -0.05) is 17.7 Å². The second-order valence-electron chi connectivity index (χ2n) is 2.23. The Morgan fingerprint density at radius 2 is 2.23 bits per heavy atom. The number of halogens is 2. The maximum absolute atomic E-state index is 11.1. The predicted octanol–water partition coefficient (Wildman–Crippen LogP) is 2.94. The van der Waals surface area contributed by atoms with Crippen LogP contribution in [0.2, 0.25) is 5.02 Å². The zero-order valence-corrected chi connectivity index (χ0v) is 8.69. The molecule has 0 aliphatic carbocycles. The molecule has 4 heteroatoms. The van der Waals surface area contributed by atoms with Crippen molar-refractivity contribution in [1.29, 1.82) is 0 Å². The van der Waals surface area contributed by atoms with E-state index in [0.717, 1.165) is 0 Å². The minimum Gasteiger partial charge on any atom is -0.462 e. The summed E-state index contributed by atoms with van der Waals surface area (Å²) in [4.78, 5) is 11.1. The van der Waals surface area contributed by atoms with Crippen molar-refractivity contribution >= 4 is 30.0 Å². The summed E-state index contributed by atoms with van der Waals surface area (Å²) in [5.74, 6) is -0.333. The largest absolute Gasteiger partial charge is 0.462 e. The number of esters is 1. The number of hydrogen-bond donors (Lipinski definition) is 0. The molecule has 0 fully saturated rings. The van der Waals surface area contributed by atoms with E-state index in [-0.39, 0.29) is 18.4 Å². The highest BCUT2D eigenvalue weighted by atomic mass is 35.5. The molecule has 0 unspecified atom stereocenters. The first kappa shape index (κ1) is 12.3. The van der Waals surface area contributed by atoms with Gasteiger partial charge in [0.05, 0.1) is 12.2 Å². The fourth-order valence-electron chi connectivity index (χ4n) is 0.830. The lowest BCUT2D eigenvalue weighted by Crippen LogP contribution is -2.03. The third-order valence-corrected chi connectivity index (χ3v) is 1.57. The van der Waals surface area contributed by atoms with Crippen molar-refractivity contribution in [3.8, 4) is 0 Å². The third kappa shape index (κ3) is 3.66. The first-order chi connectivity index (χ1) is 5.74. The fourth-order valence-corrected chi connectivity index (χ4v) is 1.02. The lowest BCUT2D eigenvalue weighted by atomic mass is 10.2. The summed E-state index contributed by atoms with van der Waals surface area (Å²) in [6.45, 7) is 2.15. The molecule has 1 aromatic carbocycles. The number of benzene rings is 1. The van der Waals surface area contributed by atoms with Gasteiger partial charge in [-0.15, -0.1) is 12.4 Å². The van der Waals surface area contributed by atoms with Crippen LogP contribution in [-0.4, -0.2) is 12.6 Å². The van der Waals surface area contributed by atoms with Crippen LogP contribution in [0.25, 0.3) is 0 Å². The fraction of sp³-hybridized carbons (Fsp3) is 0.222. The highest BCUT2D eigenvalue weighted by Gasteiger charge is 2.04. The van der Waals surface area contributed by atoms with Gasteiger partial charge < -0.3 is 4.74 Å². The quantitative estimate of drug-likeness (QED) is 0.717. The molecule has 0 aliphatic heterocycles. The van der Waals surface area contributed by atoms with Crippen LogP contribution in [0.3, 0.4) is 0 Å². The maximum atomic E-state index is 11.1. The van der Waals surface area contributed by atoms with E-state index in [4.69, 9.17) is 16.3 Å².